The van der Waals surface area contributed by atoms with Crippen LogP contribution in [0, 0.1) is 18.8 Å². The zero-order valence-electron chi connectivity index (χ0n) is 27.5. The number of anilines is 3. The Morgan fingerprint density at radius 3 is 2.54 bits per heavy atom. The molecule has 1 aromatic carbocycles. The topological polar surface area (TPSA) is 173 Å². The van der Waals surface area contributed by atoms with Crippen LogP contribution in [-0.2, 0) is 18.9 Å². The fourth-order valence-corrected chi connectivity index (χ4v) is 5.75. The van der Waals surface area contributed by atoms with Gasteiger partial charge in [0.15, 0.2) is 17.2 Å². The highest BCUT2D eigenvalue weighted by Gasteiger charge is 2.26. The van der Waals surface area contributed by atoms with Crippen LogP contribution in [0.3, 0.4) is 0 Å². The lowest BCUT2D eigenvalue weighted by Crippen LogP contribution is -2.49. The van der Waals surface area contributed by atoms with Crippen molar-refractivity contribution in [3.63, 3.8) is 0 Å². The molecule has 4 amide bonds. The van der Waals surface area contributed by atoms with Crippen LogP contribution in [0.1, 0.15) is 28.2 Å². The second-order valence-electron chi connectivity index (χ2n) is 11.7. The summed E-state index contributed by atoms with van der Waals surface area (Å²) < 4.78 is 8.89. The van der Waals surface area contributed by atoms with Gasteiger partial charge in [0.1, 0.15) is 11.3 Å². The van der Waals surface area contributed by atoms with Gasteiger partial charge in [-0.2, -0.15) is 0 Å². The predicted octanol–water partition coefficient (Wildman–Crippen LogP) is 3.17. The molecule has 5 aromatic heterocycles. The van der Waals surface area contributed by atoms with Crippen molar-refractivity contribution < 1.29 is 18.8 Å². The molecule has 0 aliphatic carbocycles. The minimum absolute atomic E-state index is 0.0450. The third kappa shape index (κ3) is 5.79. The Kier molecular flexibility index (Phi) is 8.04. The van der Waals surface area contributed by atoms with E-state index < -0.39 is 6.03 Å². The summed E-state index contributed by atoms with van der Waals surface area (Å²) >= 11 is 0. The Bertz CT molecular complexity index is 2470. The Morgan fingerprint density at radius 1 is 1.00 bits per heavy atom. The first-order valence-corrected chi connectivity index (χ1v) is 15.5. The monoisotopic (exact) mass is 670 g/mol. The number of hydrogen-bond acceptors (Lipinski definition) is 10. The summed E-state index contributed by atoms with van der Waals surface area (Å²) in [7, 11) is 5.26. The maximum absolute atomic E-state index is 12.9. The van der Waals surface area contributed by atoms with Gasteiger partial charge in [-0.3, -0.25) is 33.9 Å². The average molecular weight is 671 g/mol. The van der Waals surface area contributed by atoms with Crippen LogP contribution in [0.15, 0.2) is 70.4 Å². The van der Waals surface area contributed by atoms with Crippen molar-refractivity contribution in [1.29, 1.82) is 0 Å². The SMILES string of the molecule is Cc1cc(-c2ncc(N(C)c3cnc4c(c3)n(C)c(=O)n4C)cn2)cnc1C(=O)NCC#Cc1cc2c(N3CCC(=O)NC3=O)cccc2o1. The molecule has 6 aromatic rings. The first-order chi connectivity index (χ1) is 24.1. The molecule has 0 unspecified atom stereocenters. The third-order valence-electron chi connectivity index (χ3n) is 8.48. The van der Waals surface area contributed by atoms with E-state index in [9.17, 15) is 19.2 Å². The van der Waals surface area contributed by atoms with Crippen LogP contribution in [0.4, 0.5) is 21.9 Å². The number of imide groups is 1. The molecule has 1 aliphatic rings. The van der Waals surface area contributed by atoms with Gasteiger partial charge in [-0.25, -0.2) is 24.5 Å². The molecule has 6 heterocycles. The van der Waals surface area contributed by atoms with Crippen LogP contribution in [0.5, 0.6) is 0 Å². The van der Waals surface area contributed by atoms with E-state index in [2.05, 4.69) is 42.4 Å². The predicted molar refractivity (Wildman–Crippen MR) is 185 cm³/mol. The van der Waals surface area contributed by atoms with Gasteiger partial charge >= 0.3 is 11.7 Å². The van der Waals surface area contributed by atoms with Gasteiger partial charge in [-0.05, 0) is 42.7 Å². The quantitative estimate of drug-likeness (QED) is 0.251. The fraction of sp³-hybridized carbons (Fsp3) is 0.200. The van der Waals surface area contributed by atoms with E-state index in [4.69, 9.17) is 4.42 Å². The van der Waals surface area contributed by atoms with Crippen molar-refractivity contribution >= 4 is 57.0 Å². The summed E-state index contributed by atoms with van der Waals surface area (Å²) in [5.41, 5.74) is 5.33. The minimum Gasteiger partial charge on any atom is -0.448 e. The van der Waals surface area contributed by atoms with Gasteiger partial charge in [0.25, 0.3) is 5.91 Å². The number of aryl methyl sites for hydroxylation is 3. The van der Waals surface area contributed by atoms with E-state index >= 15 is 0 Å². The number of pyridine rings is 2. The van der Waals surface area contributed by atoms with E-state index in [1.165, 1.54) is 9.47 Å². The molecule has 1 aliphatic heterocycles. The molecule has 0 radical (unpaired) electrons. The molecule has 0 spiro atoms. The Labute approximate surface area is 284 Å². The highest BCUT2D eigenvalue weighted by Crippen LogP contribution is 2.31. The van der Waals surface area contributed by atoms with Crippen molar-refractivity contribution in [1.82, 2.24) is 39.7 Å². The maximum Gasteiger partial charge on any atom is 0.329 e. The molecule has 250 valence electrons. The number of aromatic nitrogens is 6. The first-order valence-electron chi connectivity index (χ1n) is 15.5. The van der Waals surface area contributed by atoms with Gasteiger partial charge in [-0.15, -0.1) is 0 Å². The number of nitrogens with zero attached hydrogens (tertiary/aromatic N) is 8. The van der Waals surface area contributed by atoms with E-state index in [0.29, 0.717) is 56.2 Å². The van der Waals surface area contributed by atoms with Crippen molar-refractivity contribution in [2.24, 2.45) is 14.1 Å². The molecular weight excluding hydrogens is 640 g/mol. The molecule has 0 bridgehead atoms. The zero-order chi connectivity index (χ0) is 35.1. The number of carbonyl (C=O) groups is 3. The number of rotatable bonds is 6. The van der Waals surface area contributed by atoms with Crippen molar-refractivity contribution in [3.05, 3.63) is 88.7 Å². The second kappa shape index (κ2) is 12.7. The van der Waals surface area contributed by atoms with E-state index in [-0.39, 0.29) is 42.7 Å². The molecule has 15 heteroatoms. The maximum atomic E-state index is 12.9. The van der Waals surface area contributed by atoms with Gasteiger partial charge in [0.05, 0.1) is 47.7 Å². The number of amides is 4. The highest BCUT2D eigenvalue weighted by molar-refractivity contribution is 6.09. The Balaban J connectivity index is 0.995. The first kappa shape index (κ1) is 31.8. The molecular formula is C35H30N10O5. The van der Waals surface area contributed by atoms with Gasteiger partial charge in [0, 0.05) is 57.3 Å². The Morgan fingerprint density at radius 2 is 1.78 bits per heavy atom. The molecule has 1 fully saturated rings. The van der Waals surface area contributed by atoms with Crippen LogP contribution in [-0.4, -0.2) is 67.1 Å². The van der Waals surface area contributed by atoms with Crippen LogP contribution in [0.2, 0.25) is 0 Å². The number of carbonyl (C=O) groups excluding carboxylic acids is 3. The molecule has 15 nitrogen and oxygen atoms in total. The van der Waals surface area contributed by atoms with Gasteiger partial charge < -0.3 is 14.6 Å². The van der Waals surface area contributed by atoms with E-state index in [1.807, 2.05) is 18.0 Å². The lowest BCUT2D eigenvalue weighted by molar-refractivity contribution is -0.120. The largest absolute Gasteiger partial charge is 0.448 e. The molecule has 50 heavy (non-hydrogen) atoms. The number of imidazole rings is 1. The van der Waals surface area contributed by atoms with Crippen molar-refractivity contribution in [3.8, 4) is 23.2 Å². The summed E-state index contributed by atoms with van der Waals surface area (Å²) in [5, 5.41) is 5.77. The van der Waals surface area contributed by atoms with Crippen LogP contribution in [0.25, 0.3) is 33.5 Å². The van der Waals surface area contributed by atoms with E-state index in [0.717, 1.165) is 5.69 Å². The lowest BCUT2D eigenvalue weighted by atomic mass is 10.1. The number of nitrogens with one attached hydrogen (secondary N) is 2. The zero-order valence-corrected chi connectivity index (χ0v) is 27.5. The minimum atomic E-state index is -0.484. The molecule has 0 saturated carbocycles. The van der Waals surface area contributed by atoms with Gasteiger partial charge in [-0.1, -0.05) is 12.0 Å². The molecule has 1 saturated heterocycles. The summed E-state index contributed by atoms with van der Waals surface area (Å²) in [4.78, 5) is 70.4. The summed E-state index contributed by atoms with van der Waals surface area (Å²) in [6.07, 6.45) is 6.81. The number of fused-ring (bicyclic) bond motifs is 2. The third-order valence-corrected chi connectivity index (χ3v) is 8.48. The average Bonchev–Trinajstić information content (AvgIpc) is 3.64. The molecule has 2 N–H and O–H groups in total. The number of hydrogen-bond donors (Lipinski definition) is 2. The lowest BCUT2D eigenvalue weighted by Gasteiger charge is -2.26. The van der Waals surface area contributed by atoms with Gasteiger partial charge in [0.2, 0.25) is 5.91 Å². The normalized spacial score (nSPS) is 12.9. The fourth-order valence-electron chi connectivity index (χ4n) is 5.75. The van der Waals surface area contributed by atoms with E-state index in [1.54, 1.807) is 80.7 Å². The van der Waals surface area contributed by atoms with Crippen LogP contribution >= 0.6 is 0 Å². The Hall–Kier alpha value is -6.82. The number of benzene rings is 1. The summed E-state index contributed by atoms with van der Waals surface area (Å²) in [6, 6.07) is 10.2. The summed E-state index contributed by atoms with van der Waals surface area (Å²) in [6.45, 7) is 2.09. The number of furan rings is 1. The number of urea groups is 1. The molecule has 7 rings (SSSR count). The summed E-state index contributed by atoms with van der Waals surface area (Å²) in [5.74, 6) is 5.91. The highest BCUT2D eigenvalue weighted by atomic mass is 16.3. The standard InChI is InChI=1S/C35H30N10O5/c1-20-13-21(31-38-18-23(19-39-31)42(2)22-14-27-32(40-17-22)44(4)35(49)43(27)3)16-37-30(20)33(47)36-11-6-7-24-15-25-26(8-5-9-28(25)50-24)45-12-10-29(46)41-34(45)48/h5,8-9,13-19H,10-12H2,1-4H3,(H,36,47)(H,41,46,48). The second-order valence-corrected chi connectivity index (χ2v) is 11.7. The van der Waals surface area contributed by atoms with Crippen molar-refractivity contribution in [2.45, 2.75) is 13.3 Å². The van der Waals surface area contributed by atoms with Crippen molar-refractivity contribution in [2.75, 3.05) is 29.9 Å². The molecule has 0 atom stereocenters. The van der Waals surface area contributed by atoms with Crippen LogP contribution < -0.4 is 26.1 Å². The smallest absolute Gasteiger partial charge is 0.329 e.